The monoisotopic (exact) mass is 525 g/mol. The van der Waals surface area contributed by atoms with Gasteiger partial charge in [-0.05, 0) is 42.9 Å². The number of nitrogens with one attached hydrogen (secondary N) is 2. The molecule has 1 aromatic heterocycles. The first-order valence-electron chi connectivity index (χ1n) is 10.6. The minimum absolute atomic E-state index is 0. The van der Waals surface area contributed by atoms with Gasteiger partial charge >= 0.3 is 0 Å². The Hall–Kier alpha value is -1.74. The third-order valence-electron chi connectivity index (χ3n) is 5.88. The first kappa shape index (κ1) is 22.9. The van der Waals surface area contributed by atoms with Crippen LogP contribution in [0.3, 0.4) is 0 Å². The summed E-state index contributed by atoms with van der Waals surface area (Å²) in [4.78, 5) is 4.96. The molecule has 2 heterocycles. The van der Waals surface area contributed by atoms with Gasteiger partial charge in [-0.3, -0.25) is 4.99 Å². The van der Waals surface area contributed by atoms with Crippen molar-refractivity contribution in [2.24, 2.45) is 10.4 Å². The third kappa shape index (κ3) is 6.14. The SMILES string of the molecule is COCCC1(CN=C(NCCc2ccco2)NC2CCOc3ccccc32)CC1.I. The van der Waals surface area contributed by atoms with Crippen molar-refractivity contribution in [1.29, 1.82) is 0 Å². The third-order valence-corrected chi connectivity index (χ3v) is 5.88. The lowest BCUT2D eigenvalue weighted by atomic mass is 10.0. The van der Waals surface area contributed by atoms with Gasteiger partial charge in [0.2, 0.25) is 0 Å². The van der Waals surface area contributed by atoms with Crippen LogP contribution < -0.4 is 15.4 Å². The second kappa shape index (κ2) is 11.0. The number of methoxy groups -OCH3 is 1. The van der Waals surface area contributed by atoms with Gasteiger partial charge in [0.1, 0.15) is 11.5 Å². The van der Waals surface area contributed by atoms with Crippen molar-refractivity contribution in [2.75, 3.05) is 33.4 Å². The Labute approximate surface area is 195 Å². The van der Waals surface area contributed by atoms with Crippen molar-refractivity contribution < 1.29 is 13.9 Å². The van der Waals surface area contributed by atoms with Crippen LogP contribution in [0.2, 0.25) is 0 Å². The molecule has 0 spiro atoms. The number of para-hydroxylation sites is 1. The van der Waals surface area contributed by atoms with Crippen LogP contribution in [0.4, 0.5) is 0 Å². The summed E-state index contributed by atoms with van der Waals surface area (Å²) in [6.45, 7) is 3.12. The van der Waals surface area contributed by atoms with E-state index in [9.17, 15) is 0 Å². The second-order valence-corrected chi connectivity index (χ2v) is 8.04. The Morgan fingerprint density at radius 1 is 1.23 bits per heavy atom. The van der Waals surface area contributed by atoms with E-state index in [2.05, 4.69) is 22.8 Å². The molecule has 6 nitrogen and oxygen atoms in total. The number of nitrogens with zero attached hydrogens (tertiary/aromatic N) is 1. The normalized spacial score (nSPS) is 19.2. The molecule has 7 heteroatoms. The van der Waals surface area contributed by atoms with Crippen molar-refractivity contribution in [3.8, 4) is 5.75 Å². The van der Waals surface area contributed by atoms with Crippen molar-refractivity contribution in [3.05, 3.63) is 54.0 Å². The molecule has 2 aromatic rings. The number of hydrogen-bond donors (Lipinski definition) is 2. The predicted molar refractivity (Wildman–Crippen MR) is 129 cm³/mol. The zero-order chi connectivity index (χ0) is 19.9. The zero-order valence-electron chi connectivity index (χ0n) is 17.6. The Morgan fingerprint density at radius 2 is 2.10 bits per heavy atom. The maximum Gasteiger partial charge on any atom is 0.191 e. The van der Waals surface area contributed by atoms with E-state index < -0.39 is 0 Å². The lowest BCUT2D eigenvalue weighted by Crippen LogP contribution is -2.42. The van der Waals surface area contributed by atoms with Crippen LogP contribution >= 0.6 is 24.0 Å². The number of hydrogen-bond acceptors (Lipinski definition) is 4. The van der Waals surface area contributed by atoms with Crippen LogP contribution in [0, 0.1) is 5.41 Å². The molecule has 0 saturated heterocycles. The van der Waals surface area contributed by atoms with Gasteiger partial charge in [0, 0.05) is 45.2 Å². The molecule has 1 aliphatic carbocycles. The van der Waals surface area contributed by atoms with Gasteiger partial charge in [0.05, 0.1) is 18.9 Å². The number of benzene rings is 1. The standard InChI is InChI=1S/C23H31N3O3.HI/c1-27-16-12-23(10-11-23)17-25-22(24-13-8-18-5-4-14-28-18)26-20-9-15-29-21-7-3-2-6-19(20)21;/h2-7,14,20H,8-13,15-17H2,1H3,(H2,24,25,26);1H. The summed E-state index contributed by atoms with van der Waals surface area (Å²) >= 11 is 0. The van der Waals surface area contributed by atoms with Crippen LogP contribution in [0.25, 0.3) is 0 Å². The number of fused-ring (bicyclic) bond motifs is 1. The molecule has 1 saturated carbocycles. The summed E-state index contributed by atoms with van der Waals surface area (Å²) < 4.78 is 16.5. The highest BCUT2D eigenvalue weighted by Gasteiger charge is 2.41. The zero-order valence-corrected chi connectivity index (χ0v) is 19.9. The van der Waals surface area contributed by atoms with Gasteiger partial charge in [-0.15, -0.1) is 24.0 Å². The Kier molecular flexibility index (Phi) is 8.44. The summed E-state index contributed by atoms with van der Waals surface area (Å²) in [7, 11) is 1.77. The van der Waals surface area contributed by atoms with Crippen molar-refractivity contribution in [1.82, 2.24) is 10.6 Å². The van der Waals surface area contributed by atoms with Gasteiger partial charge in [-0.25, -0.2) is 0 Å². The smallest absolute Gasteiger partial charge is 0.191 e. The fourth-order valence-electron chi connectivity index (χ4n) is 3.80. The van der Waals surface area contributed by atoms with Crippen LogP contribution in [0.1, 0.15) is 43.0 Å². The average molecular weight is 525 g/mol. The fraction of sp³-hybridized carbons (Fsp3) is 0.522. The Morgan fingerprint density at radius 3 is 2.87 bits per heavy atom. The molecule has 30 heavy (non-hydrogen) atoms. The Bertz CT molecular complexity index is 806. The molecule has 0 amide bonds. The highest BCUT2D eigenvalue weighted by Crippen LogP contribution is 2.49. The average Bonchev–Trinajstić information content (AvgIpc) is 3.33. The lowest BCUT2D eigenvalue weighted by molar-refractivity contribution is 0.174. The summed E-state index contributed by atoms with van der Waals surface area (Å²) in [6, 6.07) is 12.4. The minimum atomic E-state index is 0. The quantitative estimate of drug-likeness (QED) is 0.290. The molecule has 2 aliphatic rings. The van der Waals surface area contributed by atoms with Gasteiger partial charge < -0.3 is 24.5 Å². The van der Waals surface area contributed by atoms with Crippen LogP contribution in [0.5, 0.6) is 5.75 Å². The summed E-state index contributed by atoms with van der Waals surface area (Å²) in [5.74, 6) is 2.80. The van der Waals surface area contributed by atoms with Gasteiger partial charge in [0.15, 0.2) is 5.96 Å². The van der Waals surface area contributed by atoms with E-state index >= 15 is 0 Å². The second-order valence-electron chi connectivity index (χ2n) is 8.04. The van der Waals surface area contributed by atoms with Crippen molar-refractivity contribution in [3.63, 3.8) is 0 Å². The molecule has 1 fully saturated rings. The van der Waals surface area contributed by atoms with Gasteiger partial charge in [-0.1, -0.05) is 18.2 Å². The topological polar surface area (TPSA) is 68.0 Å². The largest absolute Gasteiger partial charge is 0.493 e. The van der Waals surface area contributed by atoms with E-state index in [4.69, 9.17) is 18.9 Å². The van der Waals surface area contributed by atoms with Crippen molar-refractivity contribution in [2.45, 2.75) is 38.1 Å². The van der Waals surface area contributed by atoms with E-state index in [1.807, 2.05) is 24.3 Å². The predicted octanol–water partition coefficient (Wildman–Crippen LogP) is 4.32. The molecule has 1 aliphatic heterocycles. The number of furan rings is 1. The first-order chi connectivity index (χ1) is 14.3. The van der Waals surface area contributed by atoms with Gasteiger partial charge in [-0.2, -0.15) is 0 Å². The van der Waals surface area contributed by atoms with Crippen LogP contribution in [-0.4, -0.2) is 39.4 Å². The molecule has 4 rings (SSSR count). The van der Waals surface area contributed by atoms with E-state index in [0.717, 1.165) is 56.4 Å². The van der Waals surface area contributed by atoms with E-state index in [1.54, 1.807) is 13.4 Å². The molecular formula is C23H32IN3O3. The number of halogens is 1. The number of guanidine groups is 1. The molecule has 164 valence electrons. The molecular weight excluding hydrogens is 493 g/mol. The highest BCUT2D eigenvalue weighted by molar-refractivity contribution is 14.0. The van der Waals surface area contributed by atoms with E-state index in [0.29, 0.717) is 12.0 Å². The summed E-state index contributed by atoms with van der Waals surface area (Å²) in [5.41, 5.74) is 1.51. The van der Waals surface area contributed by atoms with Crippen molar-refractivity contribution >= 4 is 29.9 Å². The minimum Gasteiger partial charge on any atom is -0.493 e. The summed E-state index contributed by atoms with van der Waals surface area (Å²) in [5, 5.41) is 7.15. The molecule has 2 N–H and O–H groups in total. The number of ether oxygens (including phenoxy) is 2. The lowest BCUT2D eigenvalue weighted by Gasteiger charge is -2.28. The highest BCUT2D eigenvalue weighted by atomic mass is 127. The molecule has 1 aromatic carbocycles. The first-order valence-corrected chi connectivity index (χ1v) is 10.6. The Balaban J connectivity index is 0.00000256. The van der Waals surface area contributed by atoms with Gasteiger partial charge in [0.25, 0.3) is 0 Å². The maximum atomic E-state index is 5.81. The molecule has 1 unspecified atom stereocenters. The number of aliphatic imine (C=N–C) groups is 1. The summed E-state index contributed by atoms with van der Waals surface area (Å²) in [6.07, 6.45) is 7.01. The van der Waals surface area contributed by atoms with Crippen LogP contribution in [-0.2, 0) is 11.2 Å². The van der Waals surface area contributed by atoms with E-state index in [-0.39, 0.29) is 30.0 Å². The fourth-order valence-corrected chi connectivity index (χ4v) is 3.80. The molecule has 0 bridgehead atoms. The number of rotatable bonds is 9. The molecule has 0 radical (unpaired) electrons. The van der Waals surface area contributed by atoms with E-state index in [1.165, 1.54) is 18.4 Å². The molecule has 1 atom stereocenters. The van der Waals surface area contributed by atoms with Crippen LogP contribution in [0.15, 0.2) is 52.1 Å². The maximum absolute atomic E-state index is 5.81.